The summed E-state index contributed by atoms with van der Waals surface area (Å²) in [6.07, 6.45) is -0.703. The van der Waals surface area contributed by atoms with Crippen molar-refractivity contribution in [3.05, 3.63) is 39.7 Å². The number of rotatable bonds is 6. The van der Waals surface area contributed by atoms with Crippen molar-refractivity contribution >= 4 is 67.9 Å². The van der Waals surface area contributed by atoms with Gasteiger partial charge in [-0.2, -0.15) is 0 Å². The minimum atomic E-state index is -3.83. The van der Waals surface area contributed by atoms with E-state index in [1.807, 2.05) is 0 Å². The summed E-state index contributed by atoms with van der Waals surface area (Å²) in [5.41, 5.74) is 0.0467. The van der Waals surface area contributed by atoms with Crippen LogP contribution >= 0.6 is 34.5 Å². The molecule has 0 atom stereocenters. The van der Waals surface area contributed by atoms with E-state index >= 15 is 0 Å². The van der Waals surface area contributed by atoms with E-state index in [0.717, 1.165) is 11.3 Å². The van der Waals surface area contributed by atoms with E-state index in [4.69, 9.17) is 27.9 Å². The third kappa shape index (κ3) is 7.39. The molecule has 0 aliphatic rings. The first-order valence-corrected chi connectivity index (χ1v) is 11.3. The molecule has 2 rings (SSSR count). The lowest BCUT2D eigenvalue weighted by Crippen LogP contribution is -2.37. The quantitative estimate of drug-likeness (QED) is 0.570. The Hall–Kier alpha value is -2.01. The number of carbonyl (C=O) groups is 2. The van der Waals surface area contributed by atoms with Crippen LogP contribution in [0.4, 0.5) is 16.2 Å². The van der Waals surface area contributed by atoms with E-state index in [2.05, 4.69) is 15.4 Å². The second kappa shape index (κ2) is 9.21. The molecule has 3 N–H and O–H groups in total. The van der Waals surface area contributed by atoms with Crippen molar-refractivity contribution < 1.29 is 22.7 Å². The molecule has 158 valence electrons. The normalized spacial score (nSPS) is 11.6. The van der Waals surface area contributed by atoms with Crippen LogP contribution in [-0.4, -0.2) is 32.6 Å². The fourth-order valence-electron chi connectivity index (χ4n) is 1.96. The highest BCUT2D eigenvalue weighted by molar-refractivity contribution is 7.94. The molecule has 12 heteroatoms. The summed E-state index contributed by atoms with van der Waals surface area (Å²) >= 11 is 12.4. The monoisotopic (exact) mass is 479 g/mol. The van der Waals surface area contributed by atoms with E-state index in [1.165, 1.54) is 30.3 Å². The van der Waals surface area contributed by atoms with Crippen LogP contribution in [-0.2, 0) is 19.6 Å². The number of nitrogens with one attached hydrogen (secondary N) is 3. The van der Waals surface area contributed by atoms with E-state index in [9.17, 15) is 18.0 Å². The Morgan fingerprint density at radius 1 is 1.10 bits per heavy atom. The van der Waals surface area contributed by atoms with Crippen LogP contribution in [0.5, 0.6) is 0 Å². The third-order valence-corrected chi connectivity index (χ3v) is 6.82. The van der Waals surface area contributed by atoms with Gasteiger partial charge in [-0.3, -0.25) is 9.52 Å². The number of thiophene rings is 1. The van der Waals surface area contributed by atoms with Crippen molar-refractivity contribution in [2.75, 3.05) is 16.6 Å². The van der Waals surface area contributed by atoms with Gasteiger partial charge >= 0.3 is 6.09 Å². The van der Waals surface area contributed by atoms with Gasteiger partial charge in [0.25, 0.3) is 10.0 Å². The fraction of sp³-hybridized carbons (Fsp3) is 0.294. The van der Waals surface area contributed by atoms with Gasteiger partial charge in [-0.05, 0) is 51.1 Å². The van der Waals surface area contributed by atoms with E-state index in [-0.39, 0.29) is 25.8 Å². The highest BCUT2D eigenvalue weighted by Crippen LogP contribution is 2.35. The molecule has 1 aromatic heterocycles. The molecule has 1 heterocycles. The molecule has 0 aliphatic carbocycles. The zero-order chi connectivity index (χ0) is 21.8. The molecular formula is C17H19Cl2N3O5S2. The maximum absolute atomic E-state index is 12.3. The zero-order valence-corrected chi connectivity index (χ0v) is 18.9. The SMILES string of the molecule is CC(C)(C)OC(=O)NCC(=O)Nc1ccc(NS(=O)(=O)c2cc(Cl)c(Cl)s2)cc1. The second-order valence-electron chi connectivity index (χ2n) is 6.77. The molecule has 0 aliphatic heterocycles. The standard InChI is InChI=1S/C17H19Cl2N3O5S2/c1-17(2,3)27-16(24)20-9-13(23)21-10-4-6-11(7-5-10)22-29(25,26)14-8-12(18)15(19)28-14/h4-8,22H,9H2,1-3H3,(H,20,24)(H,21,23). The largest absolute Gasteiger partial charge is 0.444 e. The van der Waals surface area contributed by atoms with Crippen molar-refractivity contribution in [1.29, 1.82) is 0 Å². The third-order valence-electron chi connectivity index (χ3n) is 3.10. The number of halogens is 2. The highest BCUT2D eigenvalue weighted by atomic mass is 35.5. The summed E-state index contributed by atoms with van der Waals surface area (Å²) < 4.78 is 32.3. The Morgan fingerprint density at radius 2 is 1.69 bits per heavy atom. The van der Waals surface area contributed by atoms with Crippen molar-refractivity contribution in [3.8, 4) is 0 Å². The molecule has 0 spiro atoms. The Kier molecular flexibility index (Phi) is 7.39. The van der Waals surface area contributed by atoms with Gasteiger partial charge in [0.05, 0.1) is 5.02 Å². The van der Waals surface area contributed by atoms with Crippen LogP contribution in [0.3, 0.4) is 0 Å². The summed E-state index contributed by atoms with van der Waals surface area (Å²) in [7, 11) is -3.83. The zero-order valence-electron chi connectivity index (χ0n) is 15.7. The molecular weight excluding hydrogens is 461 g/mol. The van der Waals surface area contributed by atoms with E-state index in [1.54, 1.807) is 20.8 Å². The van der Waals surface area contributed by atoms with Crippen LogP contribution in [0, 0.1) is 0 Å². The highest BCUT2D eigenvalue weighted by Gasteiger charge is 2.19. The topological polar surface area (TPSA) is 114 Å². The van der Waals surface area contributed by atoms with Crippen molar-refractivity contribution in [2.45, 2.75) is 30.6 Å². The molecule has 29 heavy (non-hydrogen) atoms. The number of sulfonamides is 1. The van der Waals surface area contributed by atoms with E-state index in [0.29, 0.717) is 5.69 Å². The molecule has 0 bridgehead atoms. The molecule has 0 saturated carbocycles. The first-order chi connectivity index (χ1) is 13.4. The number of amides is 2. The number of hydrogen-bond donors (Lipinski definition) is 3. The second-order valence-corrected chi connectivity index (χ2v) is 10.7. The van der Waals surface area contributed by atoms with Gasteiger partial charge in [0.2, 0.25) is 5.91 Å². The Balaban J connectivity index is 1.91. The van der Waals surface area contributed by atoms with Crippen molar-refractivity contribution in [3.63, 3.8) is 0 Å². The van der Waals surface area contributed by atoms with Crippen LogP contribution < -0.4 is 15.4 Å². The predicted octanol–water partition coefficient (Wildman–Crippen LogP) is 4.32. The maximum atomic E-state index is 12.3. The lowest BCUT2D eigenvalue weighted by atomic mass is 10.2. The average molecular weight is 480 g/mol. The molecule has 2 amide bonds. The summed E-state index contributed by atoms with van der Waals surface area (Å²) in [5.74, 6) is -0.466. The van der Waals surface area contributed by atoms with Crippen LogP contribution in [0.2, 0.25) is 9.36 Å². The first kappa shape index (κ1) is 23.3. The predicted molar refractivity (Wildman–Crippen MR) is 114 cm³/mol. The fourth-order valence-corrected chi connectivity index (χ4v) is 4.90. The summed E-state index contributed by atoms with van der Waals surface area (Å²) in [6, 6.07) is 7.24. The minimum absolute atomic E-state index is 0.0157. The number of alkyl carbamates (subject to hydrolysis) is 1. The summed E-state index contributed by atoms with van der Waals surface area (Å²) in [6.45, 7) is 4.86. The number of hydrogen-bond acceptors (Lipinski definition) is 6. The Bertz CT molecular complexity index is 980. The van der Waals surface area contributed by atoms with Gasteiger partial charge in [0, 0.05) is 11.4 Å². The molecule has 8 nitrogen and oxygen atoms in total. The summed E-state index contributed by atoms with van der Waals surface area (Å²) in [5, 5.41) is 5.08. The van der Waals surface area contributed by atoms with Crippen molar-refractivity contribution in [1.82, 2.24) is 5.32 Å². The summed E-state index contributed by atoms with van der Waals surface area (Å²) in [4.78, 5) is 23.4. The van der Waals surface area contributed by atoms with Crippen molar-refractivity contribution in [2.24, 2.45) is 0 Å². The lowest BCUT2D eigenvalue weighted by molar-refractivity contribution is -0.115. The maximum Gasteiger partial charge on any atom is 0.408 e. The van der Waals surface area contributed by atoms with Crippen LogP contribution in [0.25, 0.3) is 0 Å². The van der Waals surface area contributed by atoms with Gasteiger partial charge in [-0.25, -0.2) is 13.2 Å². The van der Waals surface area contributed by atoms with Gasteiger partial charge < -0.3 is 15.4 Å². The average Bonchev–Trinajstić information content (AvgIpc) is 2.93. The van der Waals surface area contributed by atoms with Gasteiger partial charge in [0.1, 0.15) is 20.7 Å². The molecule has 0 saturated heterocycles. The van der Waals surface area contributed by atoms with Crippen LogP contribution in [0.15, 0.2) is 34.5 Å². The minimum Gasteiger partial charge on any atom is -0.444 e. The molecule has 0 fully saturated rings. The van der Waals surface area contributed by atoms with Gasteiger partial charge in [-0.1, -0.05) is 23.2 Å². The van der Waals surface area contributed by atoms with Gasteiger partial charge in [0.15, 0.2) is 0 Å². The lowest BCUT2D eigenvalue weighted by Gasteiger charge is -2.19. The Morgan fingerprint density at radius 3 is 2.21 bits per heavy atom. The molecule has 2 aromatic rings. The number of anilines is 2. The van der Waals surface area contributed by atoms with Gasteiger partial charge in [-0.15, -0.1) is 11.3 Å². The van der Waals surface area contributed by atoms with E-state index < -0.39 is 27.6 Å². The first-order valence-electron chi connectivity index (χ1n) is 8.20. The molecule has 1 aromatic carbocycles. The Labute approximate surface area is 182 Å². The number of carbonyl (C=O) groups excluding carboxylic acids is 2. The number of ether oxygens (including phenoxy) is 1. The number of benzene rings is 1. The van der Waals surface area contributed by atoms with Crippen LogP contribution in [0.1, 0.15) is 20.8 Å². The molecule has 0 unspecified atom stereocenters. The smallest absolute Gasteiger partial charge is 0.408 e. The molecule has 0 radical (unpaired) electrons.